The van der Waals surface area contributed by atoms with E-state index in [9.17, 15) is 0 Å². The molecule has 0 aliphatic heterocycles. The van der Waals surface area contributed by atoms with Crippen molar-refractivity contribution in [3.05, 3.63) is 38.5 Å². The van der Waals surface area contributed by atoms with Gasteiger partial charge in [-0.3, -0.25) is 0 Å². The lowest BCUT2D eigenvalue weighted by atomic mass is 10.1. The van der Waals surface area contributed by atoms with Crippen molar-refractivity contribution in [3.8, 4) is 0 Å². The molecule has 0 saturated carbocycles. The molecule has 0 aromatic carbocycles. The average molecular weight is 300 g/mol. The number of thiophene rings is 1. The van der Waals surface area contributed by atoms with Crippen LogP contribution in [0.1, 0.15) is 22.3 Å². The smallest absolute Gasteiger partial charge is 0.110 e. The second-order valence-electron chi connectivity index (χ2n) is 3.87. The lowest BCUT2D eigenvalue weighted by Gasteiger charge is -2.08. The molecular formula is C11H14BrN3S. The largest absolute Gasteiger partial charge is 0.338 e. The summed E-state index contributed by atoms with van der Waals surface area (Å²) in [5.74, 6) is 1.02. The van der Waals surface area contributed by atoms with Gasteiger partial charge >= 0.3 is 0 Å². The standard InChI is InChI=1S/C11H14BrN3S/c1-7-5-9(16-11(7)12)8(13)6-10-14-3-4-15(10)2/h3-5,8H,6,13H2,1-2H3. The van der Waals surface area contributed by atoms with Crippen LogP contribution in [0.3, 0.4) is 0 Å². The van der Waals surface area contributed by atoms with E-state index in [0.717, 1.165) is 16.0 Å². The molecular weight excluding hydrogens is 286 g/mol. The van der Waals surface area contributed by atoms with E-state index in [-0.39, 0.29) is 6.04 Å². The molecule has 0 fully saturated rings. The Hall–Kier alpha value is -0.650. The van der Waals surface area contributed by atoms with Crippen molar-refractivity contribution in [1.82, 2.24) is 9.55 Å². The summed E-state index contributed by atoms with van der Waals surface area (Å²) in [6.45, 7) is 2.08. The SMILES string of the molecule is Cc1cc(C(N)Cc2nccn2C)sc1Br. The highest BCUT2D eigenvalue weighted by Gasteiger charge is 2.13. The van der Waals surface area contributed by atoms with Gasteiger partial charge in [-0.15, -0.1) is 11.3 Å². The molecule has 3 nitrogen and oxygen atoms in total. The van der Waals surface area contributed by atoms with Crippen LogP contribution in [0.15, 0.2) is 22.2 Å². The number of hydrogen-bond donors (Lipinski definition) is 1. The quantitative estimate of drug-likeness (QED) is 0.947. The average Bonchev–Trinajstić information content (AvgIpc) is 2.76. The van der Waals surface area contributed by atoms with Crippen LogP contribution in [0.25, 0.3) is 0 Å². The van der Waals surface area contributed by atoms with Gasteiger partial charge in [0.05, 0.1) is 3.79 Å². The Morgan fingerprint density at radius 1 is 1.62 bits per heavy atom. The third-order valence-corrected chi connectivity index (χ3v) is 4.83. The number of aromatic nitrogens is 2. The van der Waals surface area contributed by atoms with Gasteiger partial charge in [-0.2, -0.15) is 0 Å². The van der Waals surface area contributed by atoms with Crippen molar-refractivity contribution < 1.29 is 0 Å². The van der Waals surface area contributed by atoms with E-state index in [1.807, 2.05) is 17.8 Å². The van der Waals surface area contributed by atoms with Crippen LogP contribution in [-0.4, -0.2) is 9.55 Å². The minimum absolute atomic E-state index is 0.0242. The number of nitrogens with two attached hydrogens (primary N) is 1. The maximum absolute atomic E-state index is 6.17. The summed E-state index contributed by atoms with van der Waals surface area (Å²) < 4.78 is 3.17. The summed E-state index contributed by atoms with van der Waals surface area (Å²) in [7, 11) is 1.99. The van der Waals surface area contributed by atoms with E-state index < -0.39 is 0 Å². The highest BCUT2D eigenvalue weighted by molar-refractivity contribution is 9.11. The Balaban J connectivity index is 2.14. The van der Waals surface area contributed by atoms with E-state index in [1.54, 1.807) is 17.5 Å². The normalized spacial score (nSPS) is 13.0. The van der Waals surface area contributed by atoms with Crippen LogP contribution < -0.4 is 5.73 Å². The summed E-state index contributed by atoms with van der Waals surface area (Å²) in [6, 6.07) is 2.17. The lowest BCUT2D eigenvalue weighted by molar-refractivity contribution is 0.668. The van der Waals surface area contributed by atoms with Crippen molar-refractivity contribution in [3.63, 3.8) is 0 Å². The van der Waals surface area contributed by atoms with E-state index >= 15 is 0 Å². The summed E-state index contributed by atoms with van der Waals surface area (Å²) in [4.78, 5) is 5.49. The van der Waals surface area contributed by atoms with Gasteiger partial charge in [0, 0.05) is 36.8 Å². The Bertz CT molecular complexity index is 470. The first-order valence-electron chi connectivity index (χ1n) is 5.05. The van der Waals surface area contributed by atoms with Crippen LogP contribution >= 0.6 is 27.3 Å². The van der Waals surface area contributed by atoms with Crippen LogP contribution in [0.5, 0.6) is 0 Å². The van der Waals surface area contributed by atoms with Crippen LogP contribution in [-0.2, 0) is 13.5 Å². The van der Waals surface area contributed by atoms with Gasteiger partial charge in [0.25, 0.3) is 0 Å². The Labute approximate surface area is 107 Å². The highest BCUT2D eigenvalue weighted by atomic mass is 79.9. The second kappa shape index (κ2) is 4.69. The topological polar surface area (TPSA) is 43.8 Å². The molecule has 2 rings (SSSR count). The Kier molecular flexibility index (Phi) is 3.47. The maximum atomic E-state index is 6.17. The Morgan fingerprint density at radius 2 is 2.38 bits per heavy atom. The van der Waals surface area contributed by atoms with Gasteiger partial charge in [-0.1, -0.05) is 0 Å². The van der Waals surface area contributed by atoms with Gasteiger partial charge in [0.2, 0.25) is 0 Å². The highest BCUT2D eigenvalue weighted by Crippen LogP contribution is 2.31. The van der Waals surface area contributed by atoms with Crippen LogP contribution in [0.2, 0.25) is 0 Å². The van der Waals surface area contributed by atoms with Crippen LogP contribution in [0.4, 0.5) is 0 Å². The number of hydrogen-bond acceptors (Lipinski definition) is 3. The molecule has 0 aliphatic rings. The fraction of sp³-hybridized carbons (Fsp3) is 0.364. The van der Waals surface area contributed by atoms with Crippen LogP contribution in [0, 0.1) is 6.92 Å². The third-order valence-electron chi connectivity index (χ3n) is 2.57. The number of rotatable bonds is 3. The first-order valence-corrected chi connectivity index (χ1v) is 6.66. The van der Waals surface area contributed by atoms with E-state index in [4.69, 9.17) is 5.73 Å². The molecule has 2 aromatic rings. The van der Waals surface area contributed by atoms with E-state index in [1.165, 1.54) is 10.4 Å². The predicted octanol–water partition coefficient (Wildman–Crippen LogP) is 2.80. The zero-order chi connectivity index (χ0) is 11.7. The molecule has 0 aliphatic carbocycles. The van der Waals surface area contributed by atoms with Gasteiger partial charge in [0.1, 0.15) is 5.82 Å². The zero-order valence-electron chi connectivity index (χ0n) is 9.27. The zero-order valence-corrected chi connectivity index (χ0v) is 11.7. The number of imidazole rings is 1. The number of nitrogens with zero attached hydrogens (tertiary/aromatic N) is 2. The number of aryl methyl sites for hydroxylation is 2. The minimum Gasteiger partial charge on any atom is -0.338 e. The van der Waals surface area contributed by atoms with Crippen molar-refractivity contribution >= 4 is 27.3 Å². The molecule has 2 aromatic heterocycles. The van der Waals surface area contributed by atoms with Gasteiger partial charge in [0.15, 0.2) is 0 Å². The first kappa shape index (κ1) is 11.8. The van der Waals surface area contributed by atoms with E-state index in [2.05, 4.69) is 33.9 Å². The third kappa shape index (κ3) is 2.36. The fourth-order valence-electron chi connectivity index (χ4n) is 1.56. The molecule has 1 unspecified atom stereocenters. The molecule has 0 amide bonds. The van der Waals surface area contributed by atoms with Gasteiger partial charge in [-0.25, -0.2) is 4.98 Å². The lowest BCUT2D eigenvalue weighted by Crippen LogP contribution is -2.14. The fourth-order valence-corrected chi connectivity index (χ4v) is 3.13. The monoisotopic (exact) mass is 299 g/mol. The molecule has 86 valence electrons. The summed E-state index contributed by atoms with van der Waals surface area (Å²) in [6.07, 6.45) is 4.52. The van der Waals surface area contributed by atoms with Gasteiger partial charge < -0.3 is 10.3 Å². The molecule has 2 N–H and O–H groups in total. The van der Waals surface area contributed by atoms with Crippen molar-refractivity contribution in [2.24, 2.45) is 12.8 Å². The molecule has 1 atom stereocenters. The summed E-state index contributed by atoms with van der Waals surface area (Å²) in [5.41, 5.74) is 7.42. The molecule has 5 heteroatoms. The van der Waals surface area contributed by atoms with Crippen molar-refractivity contribution in [2.45, 2.75) is 19.4 Å². The first-order chi connectivity index (χ1) is 7.58. The second-order valence-corrected chi connectivity index (χ2v) is 6.27. The van der Waals surface area contributed by atoms with E-state index in [0.29, 0.717) is 0 Å². The molecule has 0 bridgehead atoms. The van der Waals surface area contributed by atoms with Crippen molar-refractivity contribution in [2.75, 3.05) is 0 Å². The molecule has 0 saturated heterocycles. The minimum atomic E-state index is 0.0242. The van der Waals surface area contributed by atoms with Crippen molar-refractivity contribution in [1.29, 1.82) is 0 Å². The Morgan fingerprint density at radius 3 is 2.88 bits per heavy atom. The molecule has 2 heterocycles. The molecule has 0 spiro atoms. The maximum Gasteiger partial charge on any atom is 0.110 e. The molecule has 0 radical (unpaired) electrons. The predicted molar refractivity (Wildman–Crippen MR) is 70.6 cm³/mol. The molecule has 16 heavy (non-hydrogen) atoms. The summed E-state index contributed by atoms with van der Waals surface area (Å²) in [5, 5.41) is 0. The summed E-state index contributed by atoms with van der Waals surface area (Å²) >= 11 is 5.22. The van der Waals surface area contributed by atoms with Gasteiger partial charge in [-0.05, 0) is 34.5 Å². The number of halogens is 1.